The molecular formula is C12H15N3O4S. The number of hydrogen-bond donors (Lipinski definition) is 1. The lowest BCUT2D eigenvalue weighted by Gasteiger charge is -2.35. The van der Waals surface area contributed by atoms with E-state index in [4.69, 9.17) is 5.11 Å². The monoisotopic (exact) mass is 297 g/mol. The van der Waals surface area contributed by atoms with Gasteiger partial charge in [-0.1, -0.05) is 0 Å². The van der Waals surface area contributed by atoms with E-state index in [2.05, 4.69) is 14.7 Å². The zero-order chi connectivity index (χ0) is 14.5. The van der Waals surface area contributed by atoms with E-state index in [-0.39, 0.29) is 18.2 Å². The number of carbonyl (C=O) groups excluding carboxylic acids is 1. The quantitative estimate of drug-likeness (QED) is 0.810. The molecule has 108 valence electrons. The standard InChI is InChI=1S/C12H15N3O4S/c1-19-12(18)9-5-13-6-10(14-9)15-2-3-20-7-8(15)4-11(16)17/h5-6,8H,2-4,7H2,1H3,(H,16,17). The number of carbonyl (C=O) groups is 2. The topological polar surface area (TPSA) is 92.6 Å². The van der Waals surface area contributed by atoms with Gasteiger partial charge in [-0.25, -0.2) is 9.78 Å². The Bertz CT molecular complexity index is 511. The van der Waals surface area contributed by atoms with Gasteiger partial charge in [0.05, 0.1) is 25.9 Å². The highest BCUT2D eigenvalue weighted by Gasteiger charge is 2.27. The summed E-state index contributed by atoms with van der Waals surface area (Å²) in [6.07, 6.45) is 2.91. The van der Waals surface area contributed by atoms with Crippen molar-refractivity contribution in [1.29, 1.82) is 0 Å². The molecule has 1 aliphatic rings. The first-order valence-electron chi connectivity index (χ1n) is 6.08. The second-order valence-electron chi connectivity index (χ2n) is 4.27. The zero-order valence-corrected chi connectivity index (χ0v) is 11.8. The summed E-state index contributed by atoms with van der Waals surface area (Å²) < 4.78 is 4.61. The number of aromatic nitrogens is 2. The van der Waals surface area contributed by atoms with Gasteiger partial charge in [0.25, 0.3) is 0 Å². The molecule has 0 saturated carbocycles. The summed E-state index contributed by atoms with van der Waals surface area (Å²) in [6.45, 7) is 0.682. The van der Waals surface area contributed by atoms with Crippen LogP contribution in [0, 0.1) is 0 Å². The first kappa shape index (κ1) is 14.6. The normalized spacial score (nSPS) is 18.6. The number of carboxylic acids is 1. The van der Waals surface area contributed by atoms with Gasteiger partial charge in [0.1, 0.15) is 5.82 Å². The maximum atomic E-state index is 11.5. The van der Waals surface area contributed by atoms with Crippen LogP contribution in [0.1, 0.15) is 16.9 Å². The van der Waals surface area contributed by atoms with Crippen LogP contribution < -0.4 is 4.90 Å². The van der Waals surface area contributed by atoms with Crippen molar-refractivity contribution in [2.75, 3.05) is 30.1 Å². The van der Waals surface area contributed by atoms with Crippen LogP contribution in [0.2, 0.25) is 0 Å². The zero-order valence-electron chi connectivity index (χ0n) is 11.0. The number of carboxylic acid groups (broad SMARTS) is 1. The maximum Gasteiger partial charge on any atom is 0.358 e. The highest BCUT2D eigenvalue weighted by molar-refractivity contribution is 7.99. The molecule has 0 spiro atoms. The van der Waals surface area contributed by atoms with Gasteiger partial charge in [-0.2, -0.15) is 11.8 Å². The number of thioether (sulfide) groups is 1. The molecule has 20 heavy (non-hydrogen) atoms. The molecule has 0 aromatic carbocycles. The third-order valence-electron chi connectivity index (χ3n) is 2.95. The van der Waals surface area contributed by atoms with Crippen LogP contribution in [0.3, 0.4) is 0 Å². The number of nitrogens with zero attached hydrogens (tertiary/aromatic N) is 3. The average Bonchev–Trinajstić information content (AvgIpc) is 2.46. The molecule has 7 nitrogen and oxygen atoms in total. The molecule has 0 aliphatic carbocycles. The van der Waals surface area contributed by atoms with Crippen molar-refractivity contribution >= 4 is 29.5 Å². The molecule has 1 N–H and O–H groups in total. The number of ether oxygens (including phenoxy) is 1. The van der Waals surface area contributed by atoms with Gasteiger partial charge >= 0.3 is 11.9 Å². The lowest BCUT2D eigenvalue weighted by atomic mass is 10.2. The van der Waals surface area contributed by atoms with Crippen LogP contribution in [0.25, 0.3) is 0 Å². The minimum Gasteiger partial charge on any atom is -0.481 e. The van der Waals surface area contributed by atoms with E-state index < -0.39 is 11.9 Å². The summed E-state index contributed by atoms with van der Waals surface area (Å²) in [4.78, 5) is 32.5. The number of hydrogen-bond acceptors (Lipinski definition) is 7. The number of aliphatic carboxylic acids is 1. The van der Waals surface area contributed by atoms with Gasteiger partial charge in [0, 0.05) is 24.1 Å². The van der Waals surface area contributed by atoms with Crippen LogP contribution in [-0.2, 0) is 9.53 Å². The molecular weight excluding hydrogens is 282 g/mol. The van der Waals surface area contributed by atoms with Crippen molar-refractivity contribution in [3.63, 3.8) is 0 Å². The van der Waals surface area contributed by atoms with E-state index >= 15 is 0 Å². The van der Waals surface area contributed by atoms with E-state index in [0.29, 0.717) is 12.4 Å². The molecule has 1 aliphatic heterocycles. The molecule has 0 bridgehead atoms. The average molecular weight is 297 g/mol. The Balaban J connectivity index is 2.23. The van der Waals surface area contributed by atoms with Gasteiger partial charge in [0.15, 0.2) is 5.69 Å². The van der Waals surface area contributed by atoms with Crippen LogP contribution in [0.15, 0.2) is 12.4 Å². The first-order valence-corrected chi connectivity index (χ1v) is 7.24. The smallest absolute Gasteiger partial charge is 0.358 e. The molecule has 1 fully saturated rings. The highest BCUT2D eigenvalue weighted by atomic mass is 32.2. The van der Waals surface area contributed by atoms with E-state index in [9.17, 15) is 9.59 Å². The molecule has 1 aromatic heterocycles. The number of anilines is 1. The molecule has 2 rings (SSSR count). The molecule has 1 unspecified atom stereocenters. The van der Waals surface area contributed by atoms with Crippen LogP contribution in [-0.4, -0.2) is 58.2 Å². The van der Waals surface area contributed by atoms with Crippen LogP contribution >= 0.6 is 11.8 Å². The van der Waals surface area contributed by atoms with E-state index in [1.165, 1.54) is 19.5 Å². The molecule has 2 heterocycles. The fourth-order valence-corrected chi connectivity index (χ4v) is 3.09. The minimum atomic E-state index is -0.848. The molecule has 8 heteroatoms. The lowest BCUT2D eigenvalue weighted by molar-refractivity contribution is -0.137. The Labute approximate surface area is 120 Å². The largest absolute Gasteiger partial charge is 0.481 e. The van der Waals surface area contributed by atoms with Crippen LogP contribution in [0.4, 0.5) is 5.82 Å². The second-order valence-corrected chi connectivity index (χ2v) is 5.42. The molecule has 1 saturated heterocycles. The fourth-order valence-electron chi connectivity index (χ4n) is 2.02. The van der Waals surface area contributed by atoms with Gasteiger partial charge in [-0.3, -0.25) is 9.78 Å². The third-order valence-corrected chi connectivity index (χ3v) is 4.04. The third kappa shape index (κ3) is 3.38. The molecule has 1 aromatic rings. The summed E-state index contributed by atoms with van der Waals surface area (Å²) in [6, 6.07) is -0.145. The predicted octanol–water partition coefficient (Wildman–Crippen LogP) is 0.660. The van der Waals surface area contributed by atoms with Crippen molar-refractivity contribution in [2.45, 2.75) is 12.5 Å². The Morgan fingerprint density at radius 1 is 1.55 bits per heavy atom. The molecule has 1 atom stereocenters. The summed E-state index contributed by atoms with van der Waals surface area (Å²) >= 11 is 1.71. The van der Waals surface area contributed by atoms with E-state index in [0.717, 1.165) is 11.5 Å². The van der Waals surface area contributed by atoms with Gasteiger partial charge < -0.3 is 14.7 Å². The van der Waals surface area contributed by atoms with Crippen molar-refractivity contribution in [2.24, 2.45) is 0 Å². The predicted molar refractivity (Wildman–Crippen MR) is 74.1 cm³/mol. The van der Waals surface area contributed by atoms with E-state index in [1.54, 1.807) is 11.8 Å². The van der Waals surface area contributed by atoms with Gasteiger partial charge in [-0.05, 0) is 0 Å². The van der Waals surface area contributed by atoms with Crippen molar-refractivity contribution < 1.29 is 19.4 Å². The van der Waals surface area contributed by atoms with Gasteiger partial charge in [-0.15, -0.1) is 0 Å². The maximum absolute atomic E-state index is 11.5. The van der Waals surface area contributed by atoms with Crippen molar-refractivity contribution in [3.05, 3.63) is 18.1 Å². The summed E-state index contributed by atoms with van der Waals surface area (Å²) in [5.74, 6) is 0.719. The lowest BCUT2D eigenvalue weighted by Crippen LogP contribution is -2.44. The number of esters is 1. The number of rotatable bonds is 4. The Morgan fingerprint density at radius 3 is 3.05 bits per heavy atom. The number of methoxy groups -OCH3 is 1. The van der Waals surface area contributed by atoms with Gasteiger partial charge in [0.2, 0.25) is 0 Å². The van der Waals surface area contributed by atoms with Crippen LogP contribution in [0.5, 0.6) is 0 Å². The molecule has 0 radical (unpaired) electrons. The fraction of sp³-hybridized carbons (Fsp3) is 0.500. The minimum absolute atomic E-state index is 0.0388. The van der Waals surface area contributed by atoms with Crippen molar-refractivity contribution in [1.82, 2.24) is 9.97 Å². The first-order chi connectivity index (χ1) is 9.61. The van der Waals surface area contributed by atoms with E-state index in [1.807, 2.05) is 4.90 Å². The Kier molecular flexibility index (Phi) is 4.78. The van der Waals surface area contributed by atoms with Crippen molar-refractivity contribution in [3.8, 4) is 0 Å². The SMILES string of the molecule is COC(=O)c1cncc(N2CCSCC2CC(=O)O)n1. The Hall–Kier alpha value is -1.83. The summed E-state index contributed by atoms with van der Waals surface area (Å²) in [7, 11) is 1.28. The molecule has 0 amide bonds. The summed E-state index contributed by atoms with van der Waals surface area (Å²) in [5.41, 5.74) is 0.123. The highest BCUT2D eigenvalue weighted by Crippen LogP contribution is 2.24. The Morgan fingerprint density at radius 2 is 2.35 bits per heavy atom. The second kappa shape index (κ2) is 6.56. The summed E-state index contributed by atoms with van der Waals surface area (Å²) in [5, 5.41) is 8.97.